The van der Waals surface area contributed by atoms with Gasteiger partial charge in [0.05, 0.1) is 0 Å². The van der Waals surface area contributed by atoms with Gasteiger partial charge in [0.1, 0.15) is 0 Å². The van der Waals surface area contributed by atoms with Crippen LogP contribution in [-0.4, -0.2) is 48.8 Å². The van der Waals surface area contributed by atoms with E-state index in [1.165, 1.54) is 31.6 Å². The molecule has 1 fully saturated rings. The Morgan fingerprint density at radius 2 is 1.60 bits per heavy atom. The maximum absolute atomic E-state index is 10.1. The summed E-state index contributed by atoms with van der Waals surface area (Å²) in [6, 6.07) is 10.7. The summed E-state index contributed by atoms with van der Waals surface area (Å²) in [6.45, 7) is 6.93. The quantitative estimate of drug-likeness (QED) is 0.680. The molecule has 0 N–H and O–H groups in total. The van der Waals surface area contributed by atoms with Gasteiger partial charge >= 0.3 is 0 Å². The zero-order chi connectivity index (χ0) is 14.0. The highest BCUT2D eigenvalue weighted by Gasteiger charge is 2.16. The lowest BCUT2D eigenvalue weighted by molar-refractivity contribution is 0.125. The van der Waals surface area contributed by atoms with Gasteiger partial charge in [0.15, 0.2) is 6.29 Å². The molecule has 0 bridgehead atoms. The molecule has 1 heterocycles. The van der Waals surface area contributed by atoms with Gasteiger partial charge in [-0.1, -0.05) is 36.8 Å². The van der Waals surface area contributed by atoms with Crippen LogP contribution in [-0.2, 0) is 11.3 Å². The van der Waals surface area contributed by atoms with Crippen molar-refractivity contribution < 1.29 is 4.79 Å². The molecule has 0 aliphatic carbocycles. The van der Waals surface area contributed by atoms with Crippen LogP contribution in [0.1, 0.15) is 31.2 Å². The van der Waals surface area contributed by atoms with Crippen LogP contribution in [0.4, 0.5) is 0 Å². The van der Waals surface area contributed by atoms with Crippen molar-refractivity contribution in [3.05, 3.63) is 35.9 Å². The predicted molar refractivity (Wildman–Crippen MR) is 82.3 cm³/mol. The Kier molecular flexibility index (Phi) is 6.75. The standard InChI is InChI=1S/C17H25N2O/c20-15-7-2-1-6-10-18-11-13-19(14-12-18)16-17-8-4-3-5-9-17/h3-5,8-9H,1-2,6-7,10-14,16H2. The highest BCUT2D eigenvalue weighted by atomic mass is 16.1. The van der Waals surface area contributed by atoms with Crippen molar-refractivity contribution in [3.63, 3.8) is 0 Å². The first-order valence-corrected chi connectivity index (χ1v) is 7.72. The van der Waals surface area contributed by atoms with E-state index in [4.69, 9.17) is 0 Å². The van der Waals surface area contributed by atoms with Gasteiger partial charge in [0.2, 0.25) is 0 Å². The maximum Gasteiger partial charge on any atom is 0.198 e. The molecular weight excluding hydrogens is 248 g/mol. The first-order valence-electron chi connectivity index (χ1n) is 7.72. The second-order valence-electron chi connectivity index (χ2n) is 5.56. The lowest BCUT2D eigenvalue weighted by Crippen LogP contribution is -2.46. The van der Waals surface area contributed by atoms with Crippen molar-refractivity contribution in [2.45, 2.75) is 32.2 Å². The first kappa shape index (κ1) is 15.2. The average molecular weight is 273 g/mol. The lowest BCUT2D eigenvalue weighted by atomic mass is 10.1. The molecule has 1 radical (unpaired) electrons. The number of unbranched alkanes of at least 4 members (excludes halogenated alkanes) is 3. The van der Waals surface area contributed by atoms with Crippen LogP contribution in [0.3, 0.4) is 0 Å². The van der Waals surface area contributed by atoms with Crippen LogP contribution in [0.15, 0.2) is 30.3 Å². The van der Waals surface area contributed by atoms with E-state index in [0.29, 0.717) is 6.42 Å². The molecule has 1 aliphatic rings. The molecule has 3 heteroatoms. The van der Waals surface area contributed by atoms with Gasteiger partial charge in [-0.15, -0.1) is 0 Å². The van der Waals surface area contributed by atoms with E-state index in [1.807, 2.05) is 6.29 Å². The average Bonchev–Trinajstić information content (AvgIpc) is 2.50. The summed E-state index contributed by atoms with van der Waals surface area (Å²) < 4.78 is 0. The third kappa shape index (κ3) is 5.43. The third-order valence-corrected chi connectivity index (χ3v) is 3.97. The van der Waals surface area contributed by atoms with E-state index in [2.05, 4.69) is 40.1 Å². The van der Waals surface area contributed by atoms with Crippen molar-refractivity contribution in [2.24, 2.45) is 0 Å². The summed E-state index contributed by atoms with van der Waals surface area (Å²) in [5, 5.41) is 0. The molecule has 0 spiro atoms. The van der Waals surface area contributed by atoms with Crippen LogP contribution in [0.2, 0.25) is 0 Å². The highest BCUT2D eigenvalue weighted by Crippen LogP contribution is 2.09. The maximum atomic E-state index is 10.1. The van der Waals surface area contributed by atoms with E-state index in [9.17, 15) is 4.79 Å². The van der Waals surface area contributed by atoms with E-state index in [0.717, 1.165) is 32.5 Å². The van der Waals surface area contributed by atoms with Crippen LogP contribution in [0, 0.1) is 0 Å². The van der Waals surface area contributed by atoms with E-state index < -0.39 is 0 Å². The second kappa shape index (κ2) is 8.88. The van der Waals surface area contributed by atoms with Gasteiger partial charge in [0, 0.05) is 39.1 Å². The molecule has 3 nitrogen and oxygen atoms in total. The number of piperazine rings is 1. The monoisotopic (exact) mass is 273 g/mol. The van der Waals surface area contributed by atoms with Crippen LogP contribution in [0.25, 0.3) is 0 Å². The molecule has 0 saturated carbocycles. The minimum Gasteiger partial charge on any atom is -0.301 e. The minimum absolute atomic E-state index is 0.602. The van der Waals surface area contributed by atoms with Crippen LogP contribution in [0.5, 0.6) is 0 Å². The molecule has 20 heavy (non-hydrogen) atoms. The number of hydrogen-bond acceptors (Lipinski definition) is 3. The Hall–Kier alpha value is -1.19. The van der Waals surface area contributed by atoms with Gasteiger partial charge in [0.25, 0.3) is 0 Å². The largest absolute Gasteiger partial charge is 0.301 e. The molecule has 1 aliphatic heterocycles. The number of hydrogen-bond donors (Lipinski definition) is 0. The summed E-state index contributed by atoms with van der Waals surface area (Å²) in [7, 11) is 0. The highest BCUT2D eigenvalue weighted by molar-refractivity contribution is 5.50. The van der Waals surface area contributed by atoms with Gasteiger partial charge in [-0.25, -0.2) is 0 Å². The SMILES string of the molecule is O=[C]CCCCCN1CCN(Cc2ccccc2)CC1. The molecule has 0 atom stereocenters. The van der Waals surface area contributed by atoms with Gasteiger partial charge < -0.3 is 4.90 Å². The van der Waals surface area contributed by atoms with Crippen LogP contribution < -0.4 is 0 Å². The second-order valence-corrected chi connectivity index (χ2v) is 5.56. The van der Waals surface area contributed by atoms with Crippen molar-refractivity contribution in [2.75, 3.05) is 32.7 Å². The molecule has 1 aromatic carbocycles. The molecule has 0 aromatic heterocycles. The van der Waals surface area contributed by atoms with Crippen molar-refractivity contribution >= 4 is 6.29 Å². The number of nitrogens with zero attached hydrogens (tertiary/aromatic N) is 2. The zero-order valence-electron chi connectivity index (χ0n) is 12.3. The molecule has 1 aromatic rings. The van der Waals surface area contributed by atoms with E-state index >= 15 is 0 Å². The molecule has 1 saturated heterocycles. The summed E-state index contributed by atoms with van der Waals surface area (Å²) in [6.07, 6.45) is 5.93. The predicted octanol–water partition coefficient (Wildman–Crippen LogP) is 2.47. The van der Waals surface area contributed by atoms with Gasteiger partial charge in [-0.2, -0.15) is 0 Å². The topological polar surface area (TPSA) is 23.6 Å². The summed E-state index contributed by atoms with van der Waals surface area (Å²) >= 11 is 0. The molecule has 2 rings (SSSR count). The molecule has 0 amide bonds. The Balaban J connectivity index is 1.59. The Morgan fingerprint density at radius 3 is 2.30 bits per heavy atom. The third-order valence-electron chi connectivity index (χ3n) is 3.97. The smallest absolute Gasteiger partial charge is 0.198 e. The zero-order valence-corrected chi connectivity index (χ0v) is 12.3. The number of rotatable bonds is 8. The lowest BCUT2D eigenvalue weighted by Gasteiger charge is -2.34. The summed E-state index contributed by atoms with van der Waals surface area (Å²) in [5.74, 6) is 0. The fraction of sp³-hybridized carbons (Fsp3) is 0.588. The molecule has 0 unspecified atom stereocenters. The minimum atomic E-state index is 0.602. The fourth-order valence-corrected chi connectivity index (χ4v) is 2.72. The summed E-state index contributed by atoms with van der Waals surface area (Å²) in [5.41, 5.74) is 1.41. The molecular formula is C17H25N2O. The van der Waals surface area contributed by atoms with E-state index in [1.54, 1.807) is 0 Å². The Labute approximate surface area is 122 Å². The van der Waals surface area contributed by atoms with Crippen molar-refractivity contribution in [1.82, 2.24) is 9.80 Å². The van der Waals surface area contributed by atoms with Crippen LogP contribution >= 0.6 is 0 Å². The fourth-order valence-electron chi connectivity index (χ4n) is 2.72. The number of carbonyl (C=O) groups excluding carboxylic acids is 1. The van der Waals surface area contributed by atoms with Gasteiger partial charge in [-0.3, -0.25) is 9.69 Å². The Bertz CT molecular complexity index is 372. The van der Waals surface area contributed by atoms with Crippen molar-refractivity contribution in [3.8, 4) is 0 Å². The van der Waals surface area contributed by atoms with Crippen molar-refractivity contribution in [1.29, 1.82) is 0 Å². The van der Waals surface area contributed by atoms with E-state index in [-0.39, 0.29) is 0 Å². The van der Waals surface area contributed by atoms with Gasteiger partial charge in [-0.05, 0) is 24.9 Å². The number of benzene rings is 1. The summed E-state index contributed by atoms with van der Waals surface area (Å²) in [4.78, 5) is 15.2. The first-order chi connectivity index (χ1) is 9.88. The normalized spacial score (nSPS) is 17.2. The Morgan fingerprint density at radius 1 is 0.900 bits per heavy atom. The molecule has 109 valence electrons.